The Labute approximate surface area is 202 Å². The van der Waals surface area contributed by atoms with Gasteiger partial charge in [0.2, 0.25) is 5.91 Å². The van der Waals surface area contributed by atoms with E-state index in [-0.39, 0.29) is 36.3 Å². The van der Waals surface area contributed by atoms with Crippen LogP contribution in [0.15, 0.2) is 48.8 Å². The molecule has 5 nitrogen and oxygen atoms in total. The largest absolute Gasteiger partial charge is 0.338 e. The van der Waals surface area contributed by atoms with Crippen LogP contribution in [0.25, 0.3) is 0 Å². The Hall–Kier alpha value is -1.37. The fourth-order valence-electron chi connectivity index (χ4n) is 4.62. The maximum atomic E-state index is 13.1. The molecule has 1 aromatic carbocycles. The van der Waals surface area contributed by atoms with Gasteiger partial charge in [0.15, 0.2) is 0 Å². The lowest BCUT2D eigenvalue weighted by Gasteiger charge is -2.38. The van der Waals surface area contributed by atoms with E-state index in [9.17, 15) is 4.79 Å². The van der Waals surface area contributed by atoms with Crippen LogP contribution in [0.2, 0.25) is 5.02 Å². The highest BCUT2D eigenvalue weighted by atomic mass is 35.5. The van der Waals surface area contributed by atoms with E-state index in [4.69, 9.17) is 17.3 Å². The molecular weight excluding hydrogens is 455 g/mol. The highest BCUT2D eigenvalue weighted by molar-refractivity contribution is 6.30. The van der Waals surface area contributed by atoms with Gasteiger partial charge >= 0.3 is 0 Å². The third kappa shape index (κ3) is 6.11. The van der Waals surface area contributed by atoms with E-state index in [1.165, 1.54) is 0 Å². The van der Waals surface area contributed by atoms with Crippen LogP contribution < -0.4 is 5.73 Å². The molecule has 1 amide bonds. The van der Waals surface area contributed by atoms with Gasteiger partial charge in [-0.05, 0) is 74.6 Å². The average molecular weight is 486 g/mol. The molecule has 1 unspecified atom stereocenters. The monoisotopic (exact) mass is 484 g/mol. The van der Waals surface area contributed by atoms with Gasteiger partial charge < -0.3 is 15.5 Å². The van der Waals surface area contributed by atoms with Crippen LogP contribution >= 0.6 is 36.4 Å². The number of hydrogen-bond donors (Lipinski definition) is 1. The summed E-state index contributed by atoms with van der Waals surface area (Å²) in [6.45, 7) is 4.44. The molecular formula is C23H31Cl3N4O. The van der Waals surface area contributed by atoms with Crippen molar-refractivity contribution in [2.24, 2.45) is 11.1 Å². The third-order valence-electron chi connectivity index (χ3n) is 6.57. The second-order valence-corrected chi connectivity index (χ2v) is 8.84. The molecule has 4 rings (SSSR count). The van der Waals surface area contributed by atoms with E-state index < -0.39 is 0 Å². The first-order valence-electron chi connectivity index (χ1n) is 10.5. The van der Waals surface area contributed by atoms with Crippen LogP contribution in [0.1, 0.15) is 42.9 Å². The average Bonchev–Trinajstić information content (AvgIpc) is 3.04. The third-order valence-corrected chi connectivity index (χ3v) is 6.82. The molecule has 2 N–H and O–H groups in total. The number of amides is 1. The number of nitrogens with zero attached hydrogens (tertiary/aromatic N) is 3. The molecule has 0 aliphatic carbocycles. The minimum Gasteiger partial charge on any atom is -0.338 e. The standard InChI is InChI=1S/C23H29ClN4O.2ClH/c24-20-5-3-19(4-6-20)21(25)7-12-27-13-8-23(9-14-27)10-15-28(22(23)29)17-18-2-1-11-26-16-18;;/h1-6,11,16,21H,7-10,12-15,17,25H2;2*1H. The maximum Gasteiger partial charge on any atom is 0.229 e. The van der Waals surface area contributed by atoms with Crippen molar-refractivity contribution in [3.63, 3.8) is 0 Å². The lowest BCUT2D eigenvalue weighted by atomic mass is 9.77. The minimum absolute atomic E-state index is 0. The van der Waals surface area contributed by atoms with Crippen molar-refractivity contribution in [1.29, 1.82) is 0 Å². The second kappa shape index (κ2) is 11.5. The Kier molecular flexibility index (Phi) is 9.59. The fraction of sp³-hybridized carbons (Fsp3) is 0.478. The van der Waals surface area contributed by atoms with Crippen LogP contribution in [0.3, 0.4) is 0 Å². The van der Waals surface area contributed by atoms with Gasteiger partial charge in [-0.25, -0.2) is 0 Å². The van der Waals surface area contributed by atoms with Gasteiger partial charge in [0.25, 0.3) is 0 Å². The molecule has 2 aromatic rings. The van der Waals surface area contributed by atoms with Crippen molar-refractivity contribution in [3.8, 4) is 0 Å². The van der Waals surface area contributed by atoms with Crippen molar-refractivity contribution in [1.82, 2.24) is 14.8 Å². The second-order valence-electron chi connectivity index (χ2n) is 8.41. The zero-order valence-corrected chi connectivity index (χ0v) is 20.0. The number of benzene rings is 1. The number of piperidine rings is 1. The van der Waals surface area contributed by atoms with Crippen LogP contribution in [-0.2, 0) is 11.3 Å². The zero-order valence-electron chi connectivity index (χ0n) is 17.6. The Bertz CT molecular complexity index is 826. The van der Waals surface area contributed by atoms with Gasteiger partial charge in [-0.1, -0.05) is 29.8 Å². The van der Waals surface area contributed by atoms with E-state index in [0.29, 0.717) is 12.5 Å². The first-order chi connectivity index (χ1) is 14.1. The number of hydrogen-bond acceptors (Lipinski definition) is 4. The van der Waals surface area contributed by atoms with E-state index in [1.54, 1.807) is 6.20 Å². The SMILES string of the molecule is Cl.Cl.NC(CCN1CCC2(CC1)CCN(Cc1cccnc1)C2=O)c1ccc(Cl)cc1. The van der Waals surface area contributed by atoms with Gasteiger partial charge in [-0.3, -0.25) is 9.78 Å². The number of carbonyl (C=O) groups is 1. The molecule has 2 aliphatic rings. The maximum absolute atomic E-state index is 13.1. The van der Waals surface area contributed by atoms with Crippen molar-refractivity contribution >= 4 is 42.3 Å². The summed E-state index contributed by atoms with van der Waals surface area (Å²) in [6.07, 6.45) is 7.41. The van der Waals surface area contributed by atoms with E-state index in [1.807, 2.05) is 47.5 Å². The van der Waals surface area contributed by atoms with Gasteiger partial charge in [-0.15, -0.1) is 24.8 Å². The Morgan fingerprint density at radius 2 is 1.74 bits per heavy atom. The molecule has 0 saturated carbocycles. The van der Waals surface area contributed by atoms with Crippen molar-refractivity contribution in [2.75, 3.05) is 26.2 Å². The number of carbonyl (C=O) groups excluding carboxylic acids is 1. The Morgan fingerprint density at radius 1 is 1.06 bits per heavy atom. The summed E-state index contributed by atoms with van der Waals surface area (Å²) in [6, 6.07) is 11.8. The summed E-state index contributed by atoms with van der Waals surface area (Å²) in [5, 5.41) is 0.737. The molecule has 0 bridgehead atoms. The predicted octanol–water partition coefficient (Wildman–Crippen LogP) is 4.48. The molecule has 1 aromatic heterocycles. The van der Waals surface area contributed by atoms with Crippen molar-refractivity contribution in [3.05, 3.63) is 64.9 Å². The molecule has 0 radical (unpaired) electrons. The molecule has 3 heterocycles. The summed E-state index contributed by atoms with van der Waals surface area (Å²) in [5.41, 5.74) is 8.43. The summed E-state index contributed by atoms with van der Waals surface area (Å²) < 4.78 is 0. The first kappa shape index (κ1) is 25.9. The Balaban J connectivity index is 0.00000171. The van der Waals surface area contributed by atoms with Crippen LogP contribution in [0.4, 0.5) is 0 Å². The molecule has 8 heteroatoms. The van der Waals surface area contributed by atoms with Gasteiger partial charge in [0, 0.05) is 36.5 Å². The smallest absolute Gasteiger partial charge is 0.229 e. The highest BCUT2D eigenvalue weighted by Crippen LogP contribution is 2.42. The van der Waals surface area contributed by atoms with Gasteiger partial charge in [-0.2, -0.15) is 0 Å². The van der Waals surface area contributed by atoms with Crippen molar-refractivity contribution < 1.29 is 4.79 Å². The summed E-state index contributed by atoms with van der Waals surface area (Å²) in [7, 11) is 0. The zero-order chi connectivity index (χ0) is 20.3. The molecule has 2 aliphatic heterocycles. The van der Waals surface area contributed by atoms with Crippen LogP contribution in [0, 0.1) is 5.41 Å². The van der Waals surface area contributed by atoms with Crippen LogP contribution in [0.5, 0.6) is 0 Å². The number of pyridine rings is 1. The van der Waals surface area contributed by atoms with Crippen molar-refractivity contribution in [2.45, 2.75) is 38.3 Å². The number of halogens is 3. The lowest BCUT2D eigenvalue weighted by Crippen LogP contribution is -2.45. The number of aromatic nitrogens is 1. The quantitative estimate of drug-likeness (QED) is 0.655. The van der Waals surface area contributed by atoms with Gasteiger partial charge in [0.05, 0.1) is 5.41 Å². The van der Waals surface area contributed by atoms with Gasteiger partial charge in [0.1, 0.15) is 0 Å². The Morgan fingerprint density at radius 3 is 2.39 bits per heavy atom. The number of likely N-dealkylation sites (tertiary alicyclic amines) is 2. The number of nitrogens with two attached hydrogens (primary N) is 1. The fourth-order valence-corrected chi connectivity index (χ4v) is 4.75. The molecule has 2 saturated heterocycles. The number of rotatable bonds is 6. The molecule has 1 atom stereocenters. The van der Waals surface area contributed by atoms with E-state index >= 15 is 0 Å². The summed E-state index contributed by atoms with van der Waals surface area (Å²) in [4.78, 5) is 21.8. The normalized spacial score (nSPS) is 19.0. The molecule has 31 heavy (non-hydrogen) atoms. The first-order valence-corrected chi connectivity index (χ1v) is 10.9. The predicted molar refractivity (Wildman–Crippen MR) is 130 cm³/mol. The summed E-state index contributed by atoms with van der Waals surface area (Å²) in [5.74, 6) is 0.332. The van der Waals surface area contributed by atoms with E-state index in [2.05, 4.69) is 9.88 Å². The highest BCUT2D eigenvalue weighted by Gasteiger charge is 2.47. The summed E-state index contributed by atoms with van der Waals surface area (Å²) >= 11 is 5.96. The lowest BCUT2D eigenvalue weighted by molar-refractivity contribution is -0.138. The minimum atomic E-state index is -0.156. The topological polar surface area (TPSA) is 62.5 Å². The van der Waals surface area contributed by atoms with E-state index in [0.717, 1.165) is 68.0 Å². The molecule has 2 fully saturated rings. The molecule has 170 valence electrons. The van der Waals surface area contributed by atoms with Crippen LogP contribution in [-0.4, -0.2) is 46.9 Å². The molecule has 1 spiro atoms.